The lowest BCUT2D eigenvalue weighted by molar-refractivity contribution is -0.140. The van der Waals surface area contributed by atoms with Crippen LogP contribution in [-0.2, 0) is 22.6 Å². The standard InChI is InChI=1S/C14H17N3O2/c18-13-9-17(6-5-15-13)14(19)12-7-10-3-1-2-4-11(10)8-16-12/h1-4,12,16H,5-9H2,(H,15,18)/t12-/m0/s1. The van der Waals surface area contributed by atoms with Gasteiger partial charge in [-0.2, -0.15) is 0 Å². The molecule has 1 saturated heterocycles. The highest BCUT2D eigenvalue weighted by Gasteiger charge is 2.30. The van der Waals surface area contributed by atoms with Crippen molar-refractivity contribution in [1.29, 1.82) is 0 Å². The van der Waals surface area contributed by atoms with Gasteiger partial charge in [-0.1, -0.05) is 24.3 Å². The lowest BCUT2D eigenvalue weighted by Crippen LogP contribution is -2.56. The molecule has 2 N–H and O–H groups in total. The van der Waals surface area contributed by atoms with Crippen LogP contribution in [0.2, 0.25) is 0 Å². The second kappa shape index (κ2) is 5.01. The Kier molecular flexibility index (Phi) is 3.21. The van der Waals surface area contributed by atoms with Crippen molar-refractivity contribution in [2.45, 2.75) is 19.0 Å². The number of carbonyl (C=O) groups excluding carboxylic acids is 2. The van der Waals surface area contributed by atoms with Gasteiger partial charge in [0.25, 0.3) is 0 Å². The topological polar surface area (TPSA) is 61.4 Å². The summed E-state index contributed by atoms with van der Waals surface area (Å²) in [5.41, 5.74) is 2.48. The molecule has 2 amide bonds. The van der Waals surface area contributed by atoms with E-state index in [-0.39, 0.29) is 24.4 Å². The Morgan fingerprint density at radius 1 is 1.26 bits per heavy atom. The molecule has 0 aromatic heterocycles. The Bertz CT molecular complexity index is 515. The van der Waals surface area contributed by atoms with Gasteiger partial charge in [-0.05, 0) is 17.5 Å². The van der Waals surface area contributed by atoms with E-state index in [4.69, 9.17) is 0 Å². The van der Waals surface area contributed by atoms with Crippen LogP contribution in [0.3, 0.4) is 0 Å². The average Bonchev–Trinajstić information content (AvgIpc) is 2.46. The Balaban J connectivity index is 1.70. The number of hydrogen-bond acceptors (Lipinski definition) is 3. The Labute approximate surface area is 112 Å². The molecule has 0 aliphatic carbocycles. The van der Waals surface area contributed by atoms with E-state index in [1.54, 1.807) is 4.90 Å². The summed E-state index contributed by atoms with van der Waals surface area (Å²) in [6.45, 7) is 2.05. The van der Waals surface area contributed by atoms with Gasteiger partial charge in [-0.15, -0.1) is 0 Å². The Morgan fingerprint density at radius 2 is 2.05 bits per heavy atom. The van der Waals surface area contributed by atoms with Crippen LogP contribution in [0.15, 0.2) is 24.3 Å². The zero-order valence-electron chi connectivity index (χ0n) is 10.7. The van der Waals surface area contributed by atoms with Crippen molar-refractivity contribution in [2.24, 2.45) is 0 Å². The van der Waals surface area contributed by atoms with Gasteiger partial charge in [-0.25, -0.2) is 0 Å². The van der Waals surface area contributed by atoms with Crippen molar-refractivity contribution in [1.82, 2.24) is 15.5 Å². The summed E-state index contributed by atoms with van der Waals surface area (Å²) in [6.07, 6.45) is 0.702. The monoisotopic (exact) mass is 259 g/mol. The van der Waals surface area contributed by atoms with Gasteiger partial charge < -0.3 is 15.5 Å². The van der Waals surface area contributed by atoms with Crippen molar-refractivity contribution >= 4 is 11.8 Å². The van der Waals surface area contributed by atoms with Gasteiger partial charge in [0.1, 0.15) is 0 Å². The fourth-order valence-corrected chi connectivity index (χ4v) is 2.68. The Morgan fingerprint density at radius 3 is 2.84 bits per heavy atom. The van der Waals surface area contributed by atoms with Crippen molar-refractivity contribution in [3.63, 3.8) is 0 Å². The van der Waals surface area contributed by atoms with Crippen molar-refractivity contribution in [2.75, 3.05) is 19.6 Å². The molecule has 100 valence electrons. The van der Waals surface area contributed by atoms with Crippen molar-refractivity contribution in [3.8, 4) is 0 Å². The predicted octanol–water partition coefficient (Wildman–Crippen LogP) is -0.341. The maximum Gasteiger partial charge on any atom is 0.240 e. The number of nitrogens with one attached hydrogen (secondary N) is 2. The van der Waals surface area contributed by atoms with E-state index in [2.05, 4.69) is 22.8 Å². The summed E-state index contributed by atoms with van der Waals surface area (Å²) in [7, 11) is 0. The van der Waals surface area contributed by atoms with Gasteiger partial charge in [0.15, 0.2) is 0 Å². The van der Waals surface area contributed by atoms with Crippen LogP contribution in [0.5, 0.6) is 0 Å². The van der Waals surface area contributed by atoms with E-state index in [1.807, 2.05) is 12.1 Å². The van der Waals surface area contributed by atoms with Crippen LogP contribution >= 0.6 is 0 Å². The second-order valence-corrected chi connectivity index (χ2v) is 5.02. The molecule has 0 saturated carbocycles. The van der Waals surface area contributed by atoms with Crippen LogP contribution in [0, 0.1) is 0 Å². The van der Waals surface area contributed by atoms with E-state index in [0.29, 0.717) is 26.1 Å². The van der Waals surface area contributed by atoms with E-state index in [0.717, 1.165) is 0 Å². The fourth-order valence-electron chi connectivity index (χ4n) is 2.68. The number of carbonyl (C=O) groups is 2. The van der Waals surface area contributed by atoms with Crippen LogP contribution in [-0.4, -0.2) is 42.4 Å². The zero-order valence-corrected chi connectivity index (χ0v) is 10.7. The molecule has 2 aliphatic rings. The predicted molar refractivity (Wildman–Crippen MR) is 70.4 cm³/mol. The highest BCUT2D eigenvalue weighted by Crippen LogP contribution is 2.17. The normalized spacial score (nSPS) is 22.6. The second-order valence-electron chi connectivity index (χ2n) is 5.02. The van der Waals surface area contributed by atoms with Gasteiger partial charge in [0.2, 0.25) is 11.8 Å². The molecular weight excluding hydrogens is 242 g/mol. The first-order chi connectivity index (χ1) is 9.24. The molecule has 3 rings (SSSR count). The summed E-state index contributed by atoms with van der Waals surface area (Å²) in [4.78, 5) is 25.4. The first kappa shape index (κ1) is 12.2. The summed E-state index contributed by atoms with van der Waals surface area (Å²) in [6, 6.07) is 7.95. The number of benzene rings is 1. The van der Waals surface area contributed by atoms with E-state index in [9.17, 15) is 9.59 Å². The number of piperazine rings is 1. The highest BCUT2D eigenvalue weighted by atomic mass is 16.2. The van der Waals surface area contributed by atoms with Gasteiger partial charge in [-0.3, -0.25) is 9.59 Å². The molecule has 1 aromatic rings. The molecule has 19 heavy (non-hydrogen) atoms. The molecular formula is C14H17N3O2. The first-order valence-corrected chi connectivity index (χ1v) is 6.60. The lowest BCUT2D eigenvalue weighted by atomic mass is 9.95. The number of nitrogens with zero attached hydrogens (tertiary/aromatic N) is 1. The summed E-state index contributed by atoms with van der Waals surface area (Å²) in [5, 5.41) is 6.00. The molecule has 1 atom stereocenters. The smallest absolute Gasteiger partial charge is 0.240 e. The number of rotatable bonds is 1. The first-order valence-electron chi connectivity index (χ1n) is 6.60. The van der Waals surface area contributed by atoms with Crippen molar-refractivity contribution in [3.05, 3.63) is 35.4 Å². The fraction of sp³-hybridized carbons (Fsp3) is 0.429. The molecule has 0 spiro atoms. The molecule has 1 fully saturated rings. The molecule has 0 bridgehead atoms. The largest absolute Gasteiger partial charge is 0.353 e. The van der Waals surface area contributed by atoms with Gasteiger partial charge in [0, 0.05) is 19.6 Å². The molecule has 1 aromatic carbocycles. The lowest BCUT2D eigenvalue weighted by Gasteiger charge is -2.32. The molecule has 2 heterocycles. The van der Waals surface area contributed by atoms with Gasteiger partial charge >= 0.3 is 0 Å². The third-order valence-corrected chi connectivity index (χ3v) is 3.73. The molecule has 2 aliphatic heterocycles. The van der Waals surface area contributed by atoms with Crippen molar-refractivity contribution < 1.29 is 9.59 Å². The quantitative estimate of drug-likeness (QED) is 0.725. The molecule has 0 unspecified atom stereocenters. The third-order valence-electron chi connectivity index (χ3n) is 3.73. The molecule has 0 radical (unpaired) electrons. The average molecular weight is 259 g/mol. The minimum atomic E-state index is -0.208. The minimum absolute atomic E-state index is 0.0318. The van der Waals surface area contributed by atoms with Crippen LogP contribution in [0.1, 0.15) is 11.1 Å². The maximum atomic E-state index is 12.4. The van der Waals surface area contributed by atoms with E-state index < -0.39 is 0 Å². The SMILES string of the molecule is O=C1CN(C(=O)[C@@H]2Cc3ccccc3CN2)CCN1. The number of hydrogen-bond donors (Lipinski definition) is 2. The molecule has 5 nitrogen and oxygen atoms in total. The Hall–Kier alpha value is -1.88. The number of fused-ring (bicyclic) bond motifs is 1. The highest BCUT2D eigenvalue weighted by molar-refractivity contribution is 5.88. The summed E-state index contributed by atoms with van der Waals surface area (Å²) < 4.78 is 0. The van der Waals surface area contributed by atoms with Crippen LogP contribution < -0.4 is 10.6 Å². The third kappa shape index (κ3) is 2.46. The number of amides is 2. The summed E-state index contributed by atoms with van der Waals surface area (Å²) >= 11 is 0. The molecule has 5 heteroatoms. The maximum absolute atomic E-state index is 12.4. The van der Waals surface area contributed by atoms with E-state index in [1.165, 1.54) is 11.1 Å². The minimum Gasteiger partial charge on any atom is -0.353 e. The van der Waals surface area contributed by atoms with E-state index >= 15 is 0 Å². The zero-order chi connectivity index (χ0) is 13.2. The summed E-state index contributed by atoms with van der Waals surface area (Å²) in [5.74, 6) is -0.0415. The van der Waals surface area contributed by atoms with Crippen LogP contribution in [0.25, 0.3) is 0 Å². The van der Waals surface area contributed by atoms with Gasteiger partial charge in [0.05, 0.1) is 12.6 Å². The van der Waals surface area contributed by atoms with Crippen LogP contribution in [0.4, 0.5) is 0 Å².